The lowest BCUT2D eigenvalue weighted by atomic mass is 10.1. The molecule has 0 spiro atoms. The summed E-state index contributed by atoms with van der Waals surface area (Å²) in [6.07, 6.45) is 3.17. The molecule has 17 heavy (non-hydrogen) atoms. The number of hydrogen-bond donors (Lipinski definition) is 1. The van der Waals surface area contributed by atoms with Gasteiger partial charge in [-0.15, -0.1) is 0 Å². The first-order chi connectivity index (χ1) is 8.11. The molecule has 0 saturated carbocycles. The number of nitrogens with one attached hydrogen (secondary N) is 1. The van der Waals surface area contributed by atoms with Crippen molar-refractivity contribution in [3.8, 4) is 5.75 Å². The molecule has 2 aromatic rings. The molecule has 3 nitrogen and oxygen atoms in total. The minimum absolute atomic E-state index is 0.931. The van der Waals surface area contributed by atoms with Crippen molar-refractivity contribution >= 4 is 10.9 Å². The second-order valence-electron chi connectivity index (χ2n) is 4.73. The van der Waals surface area contributed by atoms with Gasteiger partial charge in [0.2, 0.25) is 0 Å². The van der Waals surface area contributed by atoms with Gasteiger partial charge in [0.05, 0.1) is 7.11 Å². The lowest BCUT2D eigenvalue weighted by molar-refractivity contribution is 0.413. The van der Waals surface area contributed by atoms with E-state index >= 15 is 0 Å². The predicted octanol–water partition coefficient (Wildman–Crippen LogP) is 2.59. The number of H-pyrrole nitrogens is 1. The molecule has 0 unspecified atom stereocenters. The van der Waals surface area contributed by atoms with Crippen LogP contribution >= 0.6 is 0 Å². The fourth-order valence-electron chi connectivity index (χ4n) is 2.10. The average molecular weight is 232 g/mol. The van der Waals surface area contributed by atoms with E-state index in [1.165, 1.54) is 22.0 Å². The second kappa shape index (κ2) is 4.80. The van der Waals surface area contributed by atoms with E-state index < -0.39 is 0 Å². The summed E-state index contributed by atoms with van der Waals surface area (Å²) in [6.45, 7) is 3.17. The van der Waals surface area contributed by atoms with Crippen molar-refractivity contribution < 1.29 is 4.74 Å². The van der Waals surface area contributed by atoms with E-state index in [-0.39, 0.29) is 0 Å². The van der Waals surface area contributed by atoms with E-state index in [0.29, 0.717) is 0 Å². The smallest absolute Gasteiger partial charge is 0.119 e. The molecule has 0 atom stereocenters. The van der Waals surface area contributed by atoms with Crippen molar-refractivity contribution in [1.29, 1.82) is 0 Å². The van der Waals surface area contributed by atoms with Gasteiger partial charge in [-0.05, 0) is 50.7 Å². The number of aryl methyl sites for hydroxylation is 1. The Morgan fingerprint density at radius 2 is 2.06 bits per heavy atom. The van der Waals surface area contributed by atoms with E-state index in [1.807, 2.05) is 0 Å². The van der Waals surface area contributed by atoms with Gasteiger partial charge >= 0.3 is 0 Å². The van der Waals surface area contributed by atoms with Gasteiger partial charge in [0.25, 0.3) is 0 Å². The van der Waals surface area contributed by atoms with E-state index in [9.17, 15) is 0 Å². The zero-order valence-corrected chi connectivity index (χ0v) is 11.0. The van der Waals surface area contributed by atoms with Crippen molar-refractivity contribution in [2.45, 2.75) is 13.3 Å². The predicted molar refractivity (Wildman–Crippen MR) is 71.8 cm³/mol. The van der Waals surface area contributed by atoms with Crippen molar-refractivity contribution in [2.24, 2.45) is 0 Å². The third-order valence-electron chi connectivity index (χ3n) is 3.11. The van der Waals surface area contributed by atoms with Crippen LogP contribution in [0.3, 0.4) is 0 Å². The highest BCUT2D eigenvalue weighted by molar-refractivity contribution is 5.87. The van der Waals surface area contributed by atoms with Gasteiger partial charge in [-0.1, -0.05) is 0 Å². The van der Waals surface area contributed by atoms with Gasteiger partial charge in [-0.25, -0.2) is 0 Å². The molecule has 0 radical (unpaired) electrons. The Morgan fingerprint density at radius 1 is 1.29 bits per heavy atom. The van der Waals surface area contributed by atoms with E-state index in [4.69, 9.17) is 4.74 Å². The number of methoxy groups -OCH3 is 1. The number of benzene rings is 1. The quantitative estimate of drug-likeness (QED) is 0.877. The molecule has 92 valence electrons. The molecule has 0 fully saturated rings. The van der Waals surface area contributed by atoms with Gasteiger partial charge in [0.1, 0.15) is 5.75 Å². The van der Waals surface area contributed by atoms with Gasteiger partial charge in [-0.3, -0.25) is 0 Å². The number of nitrogens with zero attached hydrogens (tertiary/aromatic N) is 1. The standard InChI is InChI=1S/C14H20N2O/c1-10-7-12(17-4)8-13-11(5-6-16(2)3)9-15-14(10)13/h7-9,15H,5-6H2,1-4H3. The minimum Gasteiger partial charge on any atom is -0.497 e. The monoisotopic (exact) mass is 232 g/mol. The molecule has 1 aromatic carbocycles. The lowest BCUT2D eigenvalue weighted by Crippen LogP contribution is -2.14. The summed E-state index contributed by atoms with van der Waals surface area (Å²) >= 11 is 0. The van der Waals surface area contributed by atoms with Gasteiger partial charge < -0.3 is 14.6 Å². The van der Waals surface area contributed by atoms with E-state index in [2.05, 4.69) is 49.2 Å². The number of hydrogen-bond acceptors (Lipinski definition) is 2. The molecule has 0 aliphatic carbocycles. The van der Waals surface area contributed by atoms with Crippen LogP contribution in [0.2, 0.25) is 0 Å². The van der Waals surface area contributed by atoms with Crippen LogP contribution in [-0.2, 0) is 6.42 Å². The number of aromatic nitrogens is 1. The summed E-state index contributed by atoms with van der Waals surface area (Å²) in [7, 11) is 5.91. The maximum absolute atomic E-state index is 5.33. The fourth-order valence-corrected chi connectivity index (χ4v) is 2.10. The Hall–Kier alpha value is -1.48. The van der Waals surface area contributed by atoms with Crippen LogP contribution in [0.25, 0.3) is 10.9 Å². The lowest BCUT2D eigenvalue weighted by Gasteiger charge is -2.09. The Morgan fingerprint density at radius 3 is 2.71 bits per heavy atom. The van der Waals surface area contributed by atoms with E-state index in [1.54, 1.807) is 7.11 Å². The highest BCUT2D eigenvalue weighted by Gasteiger charge is 2.08. The Kier molecular flexibility index (Phi) is 3.38. The maximum Gasteiger partial charge on any atom is 0.119 e. The zero-order chi connectivity index (χ0) is 12.4. The number of ether oxygens (including phenoxy) is 1. The summed E-state index contributed by atoms with van der Waals surface area (Å²) in [5.41, 5.74) is 3.81. The molecular formula is C14H20N2O. The van der Waals surface area contributed by atoms with Crippen LogP contribution in [-0.4, -0.2) is 37.6 Å². The van der Waals surface area contributed by atoms with Gasteiger partial charge in [0.15, 0.2) is 0 Å². The number of rotatable bonds is 4. The first-order valence-corrected chi connectivity index (χ1v) is 5.91. The highest BCUT2D eigenvalue weighted by Crippen LogP contribution is 2.27. The van der Waals surface area contributed by atoms with Crippen LogP contribution in [0.4, 0.5) is 0 Å². The first-order valence-electron chi connectivity index (χ1n) is 5.91. The largest absolute Gasteiger partial charge is 0.497 e. The molecule has 1 aromatic heterocycles. The molecule has 0 aliphatic rings. The van der Waals surface area contributed by atoms with Gasteiger partial charge in [-0.2, -0.15) is 0 Å². The molecular weight excluding hydrogens is 212 g/mol. The Balaban J connectivity index is 2.40. The van der Waals surface area contributed by atoms with Crippen molar-refractivity contribution in [1.82, 2.24) is 9.88 Å². The molecule has 0 saturated heterocycles. The highest BCUT2D eigenvalue weighted by atomic mass is 16.5. The molecule has 1 heterocycles. The second-order valence-corrected chi connectivity index (χ2v) is 4.73. The molecule has 0 bridgehead atoms. The zero-order valence-electron chi connectivity index (χ0n) is 11.0. The summed E-state index contributed by atoms with van der Waals surface area (Å²) in [4.78, 5) is 5.56. The fraction of sp³-hybridized carbons (Fsp3) is 0.429. The molecule has 0 amide bonds. The summed E-state index contributed by atoms with van der Waals surface area (Å²) < 4.78 is 5.33. The topological polar surface area (TPSA) is 28.3 Å². The molecule has 3 heteroatoms. The van der Waals surface area contributed by atoms with Crippen LogP contribution in [0.15, 0.2) is 18.3 Å². The normalized spacial score (nSPS) is 11.4. The number of likely N-dealkylation sites (N-methyl/N-ethyl adjacent to an activating group) is 1. The minimum atomic E-state index is 0.931. The molecule has 0 aliphatic heterocycles. The van der Waals surface area contributed by atoms with Crippen LogP contribution in [0, 0.1) is 6.92 Å². The van der Waals surface area contributed by atoms with Crippen LogP contribution in [0.5, 0.6) is 5.75 Å². The van der Waals surface area contributed by atoms with Crippen molar-refractivity contribution in [3.63, 3.8) is 0 Å². The van der Waals surface area contributed by atoms with E-state index in [0.717, 1.165) is 18.7 Å². The summed E-state index contributed by atoms with van der Waals surface area (Å²) in [5.74, 6) is 0.931. The van der Waals surface area contributed by atoms with Crippen molar-refractivity contribution in [2.75, 3.05) is 27.7 Å². The molecule has 1 N–H and O–H groups in total. The Bertz CT molecular complexity index is 514. The third kappa shape index (κ3) is 2.44. The van der Waals surface area contributed by atoms with Crippen LogP contribution < -0.4 is 4.74 Å². The number of aromatic amines is 1. The van der Waals surface area contributed by atoms with Gasteiger partial charge in [0, 0.05) is 23.6 Å². The summed E-state index contributed by atoms with van der Waals surface area (Å²) in [5, 5.41) is 1.28. The Labute approximate surface area is 102 Å². The summed E-state index contributed by atoms with van der Waals surface area (Å²) in [6, 6.07) is 4.18. The maximum atomic E-state index is 5.33. The van der Waals surface area contributed by atoms with Crippen LogP contribution in [0.1, 0.15) is 11.1 Å². The first kappa shape index (κ1) is 12.0. The van der Waals surface area contributed by atoms with Crippen molar-refractivity contribution in [3.05, 3.63) is 29.5 Å². The SMILES string of the molecule is COc1cc(C)c2[nH]cc(CCN(C)C)c2c1. The average Bonchev–Trinajstić information content (AvgIpc) is 2.69. The molecule has 2 rings (SSSR count). The third-order valence-corrected chi connectivity index (χ3v) is 3.11. The number of fused-ring (bicyclic) bond motifs is 1.